The number of aryl methyl sites for hydroxylation is 2. The molecule has 3 heterocycles. The van der Waals surface area contributed by atoms with Crippen LogP contribution in [0, 0.1) is 12.8 Å². The van der Waals surface area contributed by atoms with Crippen molar-refractivity contribution in [3.8, 4) is 0 Å². The zero-order valence-electron chi connectivity index (χ0n) is 19.0. The Labute approximate surface area is 201 Å². The maximum atomic E-state index is 13.3. The summed E-state index contributed by atoms with van der Waals surface area (Å²) in [6.45, 7) is 3.23. The lowest BCUT2D eigenvalue weighted by Gasteiger charge is -2.45. The summed E-state index contributed by atoms with van der Waals surface area (Å²) < 4.78 is 1.78. The summed E-state index contributed by atoms with van der Waals surface area (Å²) in [5.74, 6) is 1.79. The van der Waals surface area contributed by atoms with Gasteiger partial charge in [0.15, 0.2) is 0 Å². The lowest BCUT2D eigenvalue weighted by atomic mass is 9.59. The number of nitrogens with zero attached hydrogens (tertiary/aromatic N) is 2. The third-order valence-corrected chi connectivity index (χ3v) is 9.25. The van der Waals surface area contributed by atoms with Crippen molar-refractivity contribution in [2.24, 2.45) is 5.92 Å². The van der Waals surface area contributed by atoms with Gasteiger partial charge in [0.2, 0.25) is 0 Å². The molecule has 8 rings (SSSR count). The lowest BCUT2D eigenvalue weighted by Crippen LogP contribution is -2.39. The molecule has 0 fully saturated rings. The molecule has 4 aliphatic rings. The fourth-order valence-electron chi connectivity index (χ4n) is 6.56. The average Bonchev–Trinajstić information content (AvgIpc) is 3.47. The highest BCUT2D eigenvalue weighted by Crippen LogP contribution is 2.55. The number of amides is 1. The van der Waals surface area contributed by atoms with E-state index in [0.717, 1.165) is 37.2 Å². The molecule has 2 bridgehead atoms. The molecule has 1 amide bonds. The van der Waals surface area contributed by atoms with Crippen molar-refractivity contribution in [1.82, 2.24) is 14.9 Å². The minimum atomic E-state index is -0.0897. The average molecular weight is 468 g/mol. The van der Waals surface area contributed by atoms with E-state index in [0.29, 0.717) is 39.4 Å². The largest absolute Gasteiger partial charge is 0.351 e. The highest BCUT2D eigenvalue weighted by molar-refractivity contribution is 7.20. The molecule has 3 aliphatic carbocycles. The molecule has 5 nitrogen and oxygen atoms in total. The smallest absolute Gasteiger partial charge is 0.262 e. The van der Waals surface area contributed by atoms with Crippen LogP contribution in [0.3, 0.4) is 0 Å². The van der Waals surface area contributed by atoms with Gasteiger partial charge in [0.05, 0.1) is 10.3 Å². The highest BCUT2D eigenvalue weighted by Gasteiger charge is 2.43. The van der Waals surface area contributed by atoms with Gasteiger partial charge in [0.1, 0.15) is 10.7 Å². The van der Waals surface area contributed by atoms with Crippen LogP contribution in [0.4, 0.5) is 0 Å². The molecule has 0 spiro atoms. The van der Waals surface area contributed by atoms with Crippen LogP contribution in [-0.2, 0) is 13.0 Å². The first-order valence-corrected chi connectivity index (χ1v) is 12.9. The van der Waals surface area contributed by atoms with E-state index in [9.17, 15) is 9.59 Å². The molecule has 1 aliphatic heterocycles. The monoisotopic (exact) mass is 467 g/mol. The van der Waals surface area contributed by atoms with Crippen molar-refractivity contribution in [2.75, 3.05) is 6.54 Å². The van der Waals surface area contributed by atoms with E-state index in [1.165, 1.54) is 33.6 Å². The Morgan fingerprint density at radius 3 is 2.47 bits per heavy atom. The molecule has 2 aromatic carbocycles. The van der Waals surface area contributed by atoms with Gasteiger partial charge in [-0.05, 0) is 53.5 Å². The van der Waals surface area contributed by atoms with Gasteiger partial charge in [-0.2, -0.15) is 0 Å². The van der Waals surface area contributed by atoms with Crippen LogP contribution >= 0.6 is 11.3 Å². The number of carbonyl (C=O) groups is 1. The maximum Gasteiger partial charge on any atom is 0.262 e. The molecular weight excluding hydrogens is 442 g/mol. The van der Waals surface area contributed by atoms with Gasteiger partial charge in [0, 0.05) is 31.3 Å². The van der Waals surface area contributed by atoms with Crippen molar-refractivity contribution in [3.05, 3.63) is 97.4 Å². The Bertz CT molecular complexity index is 1500. The predicted molar refractivity (Wildman–Crippen MR) is 134 cm³/mol. The zero-order chi connectivity index (χ0) is 23.0. The molecule has 0 saturated carbocycles. The second kappa shape index (κ2) is 7.37. The molecule has 34 heavy (non-hydrogen) atoms. The predicted octanol–water partition coefficient (Wildman–Crippen LogP) is 4.74. The Kier molecular flexibility index (Phi) is 4.37. The number of benzene rings is 2. The number of fused-ring (bicyclic) bond motifs is 3. The van der Waals surface area contributed by atoms with Gasteiger partial charge in [-0.15, -0.1) is 11.3 Å². The van der Waals surface area contributed by atoms with E-state index in [-0.39, 0.29) is 11.5 Å². The topological polar surface area (TPSA) is 64.0 Å². The number of hydrogen-bond donors (Lipinski definition) is 1. The van der Waals surface area contributed by atoms with Crippen LogP contribution in [0.1, 0.15) is 68.0 Å². The molecule has 1 N–H and O–H groups in total. The second-order valence-corrected chi connectivity index (χ2v) is 10.8. The Morgan fingerprint density at radius 1 is 1.09 bits per heavy atom. The first kappa shape index (κ1) is 20.2. The van der Waals surface area contributed by atoms with Crippen molar-refractivity contribution < 1.29 is 4.79 Å². The van der Waals surface area contributed by atoms with Crippen molar-refractivity contribution in [3.63, 3.8) is 0 Å². The zero-order valence-corrected chi connectivity index (χ0v) is 19.8. The van der Waals surface area contributed by atoms with E-state index in [1.54, 1.807) is 4.57 Å². The van der Waals surface area contributed by atoms with E-state index >= 15 is 0 Å². The summed E-state index contributed by atoms with van der Waals surface area (Å²) in [6.07, 6.45) is 2.83. The van der Waals surface area contributed by atoms with Crippen LogP contribution in [0.2, 0.25) is 0 Å². The third kappa shape index (κ3) is 2.75. The normalized spacial score (nSPS) is 21.9. The first-order valence-electron chi connectivity index (χ1n) is 12.1. The number of hydrogen-bond acceptors (Lipinski definition) is 4. The fourth-order valence-corrected chi connectivity index (χ4v) is 7.66. The van der Waals surface area contributed by atoms with Crippen LogP contribution in [-0.4, -0.2) is 22.0 Å². The summed E-state index contributed by atoms with van der Waals surface area (Å²) in [6, 6.07) is 17.6. The van der Waals surface area contributed by atoms with Gasteiger partial charge >= 0.3 is 0 Å². The molecular formula is C28H25N3O2S. The maximum absolute atomic E-state index is 13.3. The summed E-state index contributed by atoms with van der Waals surface area (Å²) in [7, 11) is 0. The second-order valence-electron chi connectivity index (χ2n) is 9.82. The summed E-state index contributed by atoms with van der Waals surface area (Å²) >= 11 is 1.35. The van der Waals surface area contributed by atoms with Crippen LogP contribution in [0.15, 0.2) is 53.3 Å². The molecule has 0 radical (unpaired) electrons. The summed E-state index contributed by atoms with van der Waals surface area (Å²) in [5.41, 5.74) is 6.45. The van der Waals surface area contributed by atoms with Gasteiger partial charge in [-0.1, -0.05) is 48.5 Å². The number of nitrogens with one attached hydrogen (secondary N) is 1. The standard InChI is InChI=1S/C28H25N3O2S/c1-15-23-27(30-22-11-6-12-31(22)28(23)33)34-25(15)26(32)29-14-16-13-21-17-7-2-4-9-19(17)24(16)20-10-5-3-8-18(20)21/h2-5,7-10,16,21,24H,6,11-14H2,1H3,(H,29,32). The van der Waals surface area contributed by atoms with Gasteiger partial charge in [0.25, 0.3) is 11.5 Å². The first-order chi connectivity index (χ1) is 16.6. The SMILES string of the molecule is Cc1c(C(=O)NCC2CC3c4ccccc4C2c2ccccc23)sc2nc3n(c(=O)c12)CCC3. The summed E-state index contributed by atoms with van der Waals surface area (Å²) in [5, 5.41) is 3.84. The van der Waals surface area contributed by atoms with Crippen LogP contribution in [0.5, 0.6) is 0 Å². The van der Waals surface area contributed by atoms with Gasteiger partial charge < -0.3 is 5.32 Å². The van der Waals surface area contributed by atoms with E-state index in [2.05, 4.69) is 53.8 Å². The van der Waals surface area contributed by atoms with Crippen LogP contribution in [0.25, 0.3) is 10.2 Å². The van der Waals surface area contributed by atoms with E-state index < -0.39 is 0 Å². The van der Waals surface area contributed by atoms with E-state index in [1.807, 2.05) is 6.92 Å². The Hall–Kier alpha value is -3.25. The van der Waals surface area contributed by atoms with Gasteiger partial charge in [-0.25, -0.2) is 4.98 Å². The molecule has 2 aromatic heterocycles. The Morgan fingerprint density at radius 2 is 1.76 bits per heavy atom. The van der Waals surface area contributed by atoms with Crippen molar-refractivity contribution in [2.45, 2.75) is 44.6 Å². The molecule has 1 unspecified atom stereocenters. The number of carbonyl (C=O) groups excluding carboxylic acids is 1. The molecule has 0 saturated heterocycles. The fraction of sp³-hybridized carbons (Fsp3) is 0.321. The van der Waals surface area contributed by atoms with E-state index in [4.69, 9.17) is 4.98 Å². The highest BCUT2D eigenvalue weighted by atomic mass is 32.1. The number of aromatic nitrogens is 2. The minimum absolute atomic E-state index is 0.00287. The quantitative estimate of drug-likeness (QED) is 0.473. The third-order valence-electron chi connectivity index (χ3n) is 8.07. The Balaban J connectivity index is 1.19. The molecule has 4 aromatic rings. The molecule has 1 atom stereocenters. The lowest BCUT2D eigenvalue weighted by molar-refractivity contribution is 0.0946. The summed E-state index contributed by atoms with van der Waals surface area (Å²) in [4.78, 5) is 32.3. The number of thiophene rings is 1. The minimum Gasteiger partial charge on any atom is -0.351 e. The molecule has 6 heteroatoms. The van der Waals surface area contributed by atoms with Gasteiger partial charge in [-0.3, -0.25) is 14.2 Å². The number of rotatable bonds is 3. The van der Waals surface area contributed by atoms with Crippen LogP contribution < -0.4 is 10.9 Å². The van der Waals surface area contributed by atoms with Crippen molar-refractivity contribution >= 4 is 27.5 Å². The molecule has 170 valence electrons. The van der Waals surface area contributed by atoms with Crippen molar-refractivity contribution in [1.29, 1.82) is 0 Å².